The Hall–Kier alpha value is -2.49. The molecule has 0 fully saturated rings. The van der Waals surface area contributed by atoms with Gasteiger partial charge in [-0.2, -0.15) is 0 Å². The molecular weight excluding hydrogens is 424 g/mol. The summed E-state index contributed by atoms with van der Waals surface area (Å²) in [5.41, 5.74) is 0.00852. The van der Waals surface area contributed by atoms with Gasteiger partial charge in [0, 0.05) is 30.3 Å². The van der Waals surface area contributed by atoms with Gasteiger partial charge < -0.3 is 19.5 Å². The number of halogens is 5. The fourth-order valence-electron chi connectivity index (χ4n) is 2.82. The topological polar surface area (TPSA) is 84.6 Å². The number of aryl methyl sites for hydroxylation is 1. The molecule has 2 aromatic heterocycles. The number of hydrogen-bond donors (Lipinski definition) is 2. The predicted octanol–water partition coefficient (Wildman–Crippen LogP) is 4.56. The fraction of sp³-hybridized carbons (Fsp3) is 0.176. The van der Waals surface area contributed by atoms with E-state index < -0.39 is 29.9 Å². The number of aromatic carboxylic acids is 1. The Labute approximate surface area is 165 Å². The number of carbonyl (C=O) groups is 1. The number of carboxylic acids is 1. The van der Waals surface area contributed by atoms with Crippen molar-refractivity contribution in [3.63, 3.8) is 0 Å². The van der Waals surface area contributed by atoms with Crippen molar-refractivity contribution in [2.45, 2.75) is 12.5 Å². The third-order valence-corrected chi connectivity index (χ3v) is 4.74. The second-order valence-corrected chi connectivity index (χ2v) is 6.57. The van der Waals surface area contributed by atoms with Crippen molar-refractivity contribution in [1.29, 1.82) is 0 Å². The monoisotopic (exact) mass is 434 g/mol. The molecule has 0 saturated carbocycles. The van der Waals surface area contributed by atoms with E-state index in [1.54, 1.807) is 0 Å². The quantitative estimate of drug-likeness (QED) is 0.628. The van der Waals surface area contributed by atoms with Crippen LogP contribution in [-0.4, -0.2) is 32.1 Å². The van der Waals surface area contributed by atoms with Crippen LogP contribution in [0, 0.1) is 0 Å². The SMILES string of the molecule is Cn1c(C(O)c2c(Cl)cnc(C(=O)O)c2Cl)cc2ccc(OC(F)(F)F)cc21. The zero-order valence-electron chi connectivity index (χ0n) is 14.0. The van der Waals surface area contributed by atoms with E-state index in [2.05, 4.69) is 9.72 Å². The average molecular weight is 435 g/mol. The van der Waals surface area contributed by atoms with Crippen LogP contribution in [0.2, 0.25) is 10.0 Å². The van der Waals surface area contributed by atoms with E-state index in [-0.39, 0.29) is 21.3 Å². The molecule has 0 aliphatic rings. The molecule has 11 heteroatoms. The summed E-state index contributed by atoms with van der Waals surface area (Å²) in [7, 11) is 1.51. The van der Waals surface area contributed by atoms with E-state index in [9.17, 15) is 23.1 Å². The number of ether oxygens (including phenoxy) is 1. The molecule has 1 aromatic carbocycles. The molecule has 2 heterocycles. The molecular formula is C17H11Cl2F3N2O4. The summed E-state index contributed by atoms with van der Waals surface area (Å²) >= 11 is 12.1. The van der Waals surface area contributed by atoms with Crippen LogP contribution < -0.4 is 4.74 Å². The maximum Gasteiger partial charge on any atom is 0.573 e. The van der Waals surface area contributed by atoms with Gasteiger partial charge in [-0.15, -0.1) is 13.2 Å². The van der Waals surface area contributed by atoms with Gasteiger partial charge in [0.2, 0.25) is 0 Å². The van der Waals surface area contributed by atoms with Crippen molar-refractivity contribution < 1.29 is 32.9 Å². The van der Waals surface area contributed by atoms with E-state index >= 15 is 0 Å². The molecule has 28 heavy (non-hydrogen) atoms. The van der Waals surface area contributed by atoms with E-state index in [0.717, 1.165) is 18.3 Å². The van der Waals surface area contributed by atoms with E-state index in [4.69, 9.17) is 28.3 Å². The summed E-state index contributed by atoms with van der Waals surface area (Å²) in [6.07, 6.45) is -5.25. The highest BCUT2D eigenvalue weighted by molar-refractivity contribution is 6.37. The minimum Gasteiger partial charge on any atom is -0.476 e. The first-order valence-electron chi connectivity index (χ1n) is 7.60. The van der Waals surface area contributed by atoms with E-state index in [1.165, 1.54) is 23.7 Å². The first-order valence-corrected chi connectivity index (χ1v) is 8.35. The predicted molar refractivity (Wildman–Crippen MR) is 94.9 cm³/mol. The lowest BCUT2D eigenvalue weighted by Crippen LogP contribution is -2.17. The van der Waals surface area contributed by atoms with Crippen LogP contribution in [0.5, 0.6) is 5.75 Å². The van der Waals surface area contributed by atoms with Gasteiger partial charge in [-0.1, -0.05) is 23.2 Å². The standard InChI is InChI=1S/C17H11Cl2F3N2O4/c1-24-10-5-8(28-17(20,21)22)3-2-7(10)4-11(24)15(25)12-9(18)6-23-14(13(12)19)16(26)27/h2-6,15,25H,1H3,(H,26,27). The molecule has 6 nitrogen and oxygen atoms in total. The number of carboxylic acid groups (broad SMARTS) is 1. The van der Waals surface area contributed by atoms with Gasteiger partial charge in [-0.05, 0) is 18.2 Å². The maximum atomic E-state index is 12.4. The number of pyridine rings is 1. The van der Waals surface area contributed by atoms with Gasteiger partial charge in [0.1, 0.15) is 11.9 Å². The van der Waals surface area contributed by atoms with Crippen LogP contribution in [0.3, 0.4) is 0 Å². The fourth-order valence-corrected chi connectivity index (χ4v) is 3.45. The van der Waals surface area contributed by atoms with Crippen LogP contribution in [0.25, 0.3) is 10.9 Å². The summed E-state index contributed by atoms with van der Waals surface area (Å²) in [6, 6.07) is 5.22. The van der Waals surface area contributed by atoms with Crippen LogP contribution in [0.15, 0.2) is 30.5 Å². The normalized spacial score (nSPS) is 13.0. The summed E-state index contributed by atoms with van der Waals surface area (Å²) in [5.74, 6) is -1.82. The highest BCUT2D eigenvalue weighted by Gasteiger charge is 2.31. The molecule has 3 aromatic rings. The molecule has 148 valence electrons. The number of aromatic nitrogens is 2. The molecule has 1 atom stereocenters. The third-order valence-electron chi connectivity index (χ3n) is 4.05. The summed E-state index contributed by atoms with van der Waals surface area (Å²) in [4.78, 5) is 14.8. The molecule has 0 radical (unpaired) electrons. The highest BCUT2D eigenvalue weighted by atomic mass is 35.5. The van der Waals surface area contributed by atoms with Gasteiger partial charge in [0.25, 0.3) is 0 Å². The van der Waals surface area contributed by atoms with Crippen molar-refractivity contribution in [3.05, 3.63) is 57.5 Å². The number of hydrogen-bond acceptors (Lipinski definition) is 4. The first kappa shape index (κ1) is 20.2. The molecule has 0 amide bonds. The number of rotatable bonds is 4. The van der Waals surface area contributed by atoms with Crippen molar-refractivity contribution in [1.82, 2.24) is 9.55 Å². The lowest BCUT2D eigenvalue weighted by molar-refractivity contribution is -0.274. The van der Waals surface area contributed by atoms with Crippen LogP contribution >= 0.6 is 23.2 Å². The van der Waals surface area contributed by atoms with Crippen LogP contribution in [0.1, 0.15) is 27.8 Å². The molecule has 0 bridgehead atoms. The largest absolute Gasteiger partial charge is 0.573 e. The van der Waals surface area contributed by atoms with E-state index in [1.807, 2.05) is 0 Å². The second-order valence-electron chi connectivity index (χ2n) is 5.79. The zero-order chi connectivity index (χ0) is 20.8. The number of benzene rings is 1. The summed E-state index contributed by atoms with van der Waals surface area (Å²) in [6.45, 7) is 0. The number of fused-ring (bicyclic) bond motifs is 1. The van der Waals surface area contributed by atoms with Gasteiger partial charge in [-0.3, -0.25) is 0 Å². The van der Waals surface area contributed by atoms with Crippen LogP contribution in [0.4, 0.5) is 13.2 Å². The Morgan fingerprint density at radius 2 is 1.96 bits per heavy atom. The van der Waals surface area contributed by atoms with Crippen molar-refractivity contribution in [3.8, 4) is 5.75 Å². The highest BCUT2D eigenvalue weighted by Crippen LogP contribution is 2.37. The van der Waals surface area contributed by atoms with Crippen LogP contribution in [-0.2, 0) is 7.05 Å². The Kier molecular flexibility index (Phi) is 5.18. The molecule has 0 spiro atoms. The van der Waals surface area contributed by atoms with Crippen molar-refractivity contribution in [2.24, 2.45) is 7.05 Å². The van der Waals surface area contributed by atoms with Gasteiger partial charge in [0.05, 0.1) is 21.3 Å². The number of aliphatic hydroxyl groups excluding tert-OH is 1. The lowest BCUT2D eigenvalue weighted by Gasteiger charge is -2.16. The average Bonchev–Trinajstić information content (AvgIpc) is 2.89. The molecule has 1 unspecified atom stereocenters. The van der Waals surface area contributed by atoms with Crippen molar-refractivity contribution in [2.75, 3.05) is 0 Å². The Balaban J connectivity index is 2.10. The molecule has 0 aliphatic carbocycles. The smallest absolute Gasteiger partial charge is 0.476 e. The Bertz CT molecular complexity index is 1080. The Morgan fingerprint density at radius 3 is 2.57 bits per heavy atom. The van der Waals surface area contributed by atoms with Gasteiger partial charge in [0.15, 0.2) is 5.69 Å². The minimum absolute atomic E-state index is 0.0613. The molecule has 0 aliphatic heterocycles. The summed E-state index contributed by atoms with van der Waals surface area (Å²) in [5, 5.41) is 20.0. The van der Waals surface area contributed by atoms with Gasteiger partial charge in [-0.25, -0.2) is 9.78 Å². The molecule has 3 rings (SSSR count). The maximum absolute atomic E-state index is 12.4. The lowest BCUT2D eigenvalue weighted by atomic mass is 10.1. The van der Waals surface area contributed by atoms with E-state index in [0.29, 0.717) is 10.9 Å². The van der Waals surface area contributed by atoms with Crippen molar-refractivity contribution >= 4 is 40.1 Å². The van der Waals surface area contributed by atoms with Gasteiger partial charge >= 0.3 is 12.3 Å². The first-order chi connectivity index (χ1) is 13.0. The number of aliphatic hydroxyl groups is 1. The molecule has 0 saturated heterocycles. The number of alkyl halides is 3. The summed E-state index contributed by atoms with van der Waals surface area (Å²) < 4.78 is 42.6. The third kappa shape index (κ3) is 3.73. The number of nitrogens with zero attached hydrogens (tertiary/aromatic N) is 2. The zero-order valence-corrected chi connectivity index (χ0v) is 15.5. The Morgan fingerprint density at radius 1 is 1.29 bits per heavy atom. The minimum atomic E-state index is -4.84. The second kappa shape index (κ2) is 7.16. The molecule has 2 N–H and O–H groups in total.